The van der Waals surface area contributed by atoms with Crippen molar-refractivity contribution >= 4 is 56.9 Å². The summed E-state index contributed by atoms with van der Waals surface area (Å²) in [7, 11) is 0. The predicted octanol–water partition coefficient (Wildman–Crippen LogP) is 8.06. The van der Waals surface area contributed by atoms with Gasteiger partial charge in [0.05, 0.1) is 22.8 Å². The number of nitrogens with zero attached hydrogens (tertiary/aromatic N) is 4. The average Bonchev–Trinajstić information content (AvgIpc) is 3.74. The second-order valence-corrected chi connectivity index (χ2v) is 18.5. The number of fused-ring (bicyclic) bond motifs is 1. The molecule has 1 atom stereocenters. The lowest BCUT2D eigenvalue weighted by Gasteiger charge is -2.47. The highest BCUT2D eigenvalue weighted by atomic mass is 35.5. The number of rotatable bonds is 12. The molecule has 14 nitrogen and oxygen atoms in total. The Labute approximate surface area is 368 Å². The molecule has 3 fully saturated rings. The van der Waals surface area contributed by atoms with Gasteiger partial charge in [-0.2, -0.15) is 4.72 Å². The van der Waals surface area contributed by atoms with Crippen molar-refractivity contribution < 1.29 is 23.7 Å². The van der Waals surface area contributed by atoms with Crippen molar-refractivity contribution in [3.63, 3.8) is 0 Å². The first kappa shape index (κ1) is 41.9. The van der Waals surface area contributed by atoms with Gasteiger partial charge in [0.1, 0.15) is 34.2 Å². The van der Waals surface area contributed by atoms with E-state index in [1.165, 1.54) is 54.7 Å². The summed E-state index contributed by atoms with van der Waals surface area (Å²) in [6.07, 6.45) is 16.3. The first-order valence-electron chi connectivity index (χ1n) is 21.2. The summed E-state index contributed by atoms with van der Waals surface area (Å²) in [5.74, 6) is -0.0491. The number of nitrogens with one attached hydrogen (secondary N) is 4. The smallest absolute Gasteiger partial charge is 0.299 e. The van der Waals surface area contributed by atoms with Gasteiger partial charge < -0.3 is 29.2 Å². The highest BCUT2D eigenvalue weighted by Crippen LogP contribution is 2.55. The summed E-state index contributed by atoms with van der Waals surface area (Å²) in [4.78, 5) is 37.6. The molecular weight excluding hydrogens is 828 g/mol. The summed E-state index contributed by atoms with van der Waals surface area (Å²) < 4.78 is 28.1. The molecule has 16 heteroatoms. The first-order valence-corrected chi connectivity index (χ1v) is 22.8. The SMILES string of the molecule is N=C1C([N+](=O)[O-])=CC([S+]([O-])NC(=O)c2ccc(N3CCN(CC4=C(c5ccc(Cl)cc5)CC5(CCC5)CC4)CC3)cc2Oc2cnc3[nH]ccc3c2)=C/C1=C/NC1CCOCC1. The molecule has 0 bridgehead atoms. The fourth-order valence-corrected chi connectivity index (χ4v) is 10.1. The lowest BCUT2D eigenvalue weighted by molar-refractivity contribution is -0.415. The Morgan fingerprint density at radius 1 is 1.08 bits per heavy atom. The van der Waals surface area contributed by atoms with Gasteiger partial charge >= 0.3 is 0 Å². The molecule has 9 rings (SSSR count). The molecule has 1 spiro atoms. The average molecular weight is 877 g/mol. The predicted molar refractivity (Wildman–Crippen MR) is 241 cm³/mol. The molecule has 2 aromatic heterocycles. The third kappa shape index (κ3) is 9.18. The molecule has 5 aliphatic rings. The van der Waals surface area contributed by atoms with Gasteiger partial charge in [-0.15, -0.1) is 0 Å². The van der Waals surface area contributed by atoms with Crippen LogP contribution in [-0.2, 0) is 16.1 Å². The van der Waals surface area contributed by atoms with Gasteiger partial charge in [-0.05, 0) is 97.9 Å². The van der Waals surface area contributed by atoms with Gasteiger partial charge in [-0.1, -0.05) is 35.7 Å². The van der Waals surface area contributed by atoms with E-state index >= 15 is 0 Å². The van der Waals surface area contributed by atoms with Crippen molar-refractivity contribution in [3.05, 3.63) is 133 Å². The maximum Gasteiger partial charge on any atom is 0.299 e. The zero-order valence-electron chi connectivity index (χ0n) is 34.3. The largest absolute Gasteiger partial charge is 0.588 e. The Hall–Kier alpha value is -5.45. The van der Waals surface area contributed by atoms with Crippen LogP contribution in [0.1, 0.15) is 67.3 Å². The van der Waals surface area contributed by atoms with Gasteiger partial charge in [0.15, 0.2) is 4.91 Å². The lowest BCUT2D eigenvalue weighted by Crippen LogP contribution is -2.47. The normalized spacial score (nSPS) is 20.8. The van der Waals surface area contributed by atoms with Crippen molar-refractivity contribution in [1.29, 1.82) is 5.41 Å². The molecule has 322 valence electrons. The lowest BCUT2D eigenvalue weighted by atomic mass is 9.59. The van der Waals surface area contributed by atoms with E-state index in [4.69, 9.17) is 26.5 Å². The number of benzene rings is 2. The molecular formula is C46H49ClN8O6S. The third-order valence-corrected chi connectivity index (χ3v) is 14.2. The first-order chi connectivity index (χ1) is 30.1. The van der Waals surface area contributed by atoms with Gasteiger partial charge in [0.25, 0.3) is 11.6 Å². The van der Waals surface area contributed by atoms with Crippen molar-refractivity contribution in [3.8, 4) is 11.5 Å². The molecule has 0 radical (unpaired) electrons. The fraction of sp³-hybridized carbons (Fsp3) is 0.370. The van der Waals surface area contributed by atoms with Crippen molar-refractivity contribution in [2.45, 2.75) is 57.4 Å². The van der Waals surface area contributed by atoms with Gasteiger partial charge in [0, 0.05) is 98.2 Å². The van der Waals surface area contributed by atoms with E-state index in [9.17, 15) is 19.5 Å². The fourth-order valence-electron chi connectivity index (χ4n) is 9.16. The number of hydrogen-bond acceptors (Lipinski definition) is 11. The minimum atomic E-state index is -2.22. The van der Waals surface area contributed by atoms with Crippen LogP contribution in [-0.4, -0.2) is 87.9 Å². The van der Waals surface area contributed by atoms with E-state index in [2.05, 4.69) is 41.9 Å². The van der Waals surface area contributed by atoms with Crippen molar-refractivity contribution in [2.24, 2.45) is 5.41 Å². The summed E-state index contributed by atoms with van der Waals surface area (Å²) in [6, 6.07) is 17.4. The Bertz CT molecular complexity index is 2500. The number of anilines is 1. The number of carbonyl (C=O) groups excluding carboxylic acids is 1. The van der Waals surface area contributed by atoms with Crippen molar-refractivity contribution in [1.82, 2.24) is 24.9 Å². The number of ether oxygens (including phenoxy) is 2. The minimum Gasteiger partial charge on any atom is -0.588 e. The maximum atomic E-state index is 14.0. The van der Waals surface area contributed by atoms with Crippen LogP contribution in [0.2, 0.25) is 5.02 Å². The van der Waals surface area contributed by atoms with Gasteiger partial charge in [-0.3, -0.25) is 25.2 Å². The number of nitro groups is 1. The van der Waals surface area contributed by atoms with E-state index < -0.39 is 27.9 Å². The summed E-state index contributed by atoms with van der Waals surface area (Å²) in [5.41, 5.74) is 5.79. The number of allylic oxidation sites excluding steroid dienone is 4. The summed E-state index contributed by atoms with van der Waals surface area (Å²) in [5, 5.41) is 25.2. The van der Waals surface area contributed by atoms with E-state index in [1.54, 1.807) is 18.5 Å². The molecule has 1 amide bonds. The summed E-state index contributed by atoms with van der Waals surface area (Å²) in [6.45, 7) is 5.37. The quantitative estimate of drug-likeness (QED) is 0.0617. The zero-order chi connectivity index (χ0) is 42.8. The molecule has 1 saturated carbocycles. The minimum absolute atomic E-state index is 0.0213. The Kier molecular flexibility index (Phi) is 12.2. The van der Waals surface area contributed by atoms with Gasteiger partial charge in [0.2, 0.25) is 0 Å². The topological polar surface area (TPSA) is 185 Å². The maximum absolute atomic E-state index is 14.0. The standard InChI is InChI=1S/C46H49ClN8O6S/c47-34-4-2-30(3-5-34)40-26-46(12-1-13-46)14-8-32(40)29-53-16-18-54(19-17-53)36-6-7-39(42(24-36)61-37-22-31-9-15-49-44(31)51-28-37)45(56)52-62(59)38-23-33(43(48)41(25-38)55(57)58)27-50-35-10-20-60-21-11-35/h2-7,9,15,22-25,27-28,35,48,50H,1,8,10-14,16-21,26,29H2,(H,49,51)(H,52,56)/b33-27-,48-43?. The van der Waals surface area contributed by atoms with E-state index in [1.807, 2.05) is 36.4 Å². The van der Waals surface area contributed by atoms with Crippen LogP contribution >= 0.6 is 11.6 Å². The molecule has 4 aromatic rings. The molecule has 4 N–H and O–H groups in total. The highest BCUT2D eigenvalue weighted by molar-refractivity contribution is 7.94. The molecule has 2 saturated heterocycles. The number of aromatic amines is 1. The number of aromatic nitrogens is 2. The van der Waals surface area contributed by atoms with E-state index in [0.29, 0.717) is 30.0 Å². The van der Waals surface area contributed by atoms with Crippen LogP contribution in [0.5, 0.6) is 11.5 Å². The number of piperazine rings is 1. The molecule has 4 heterocycles. The number of halogens is 1. The Morgan fingerprint density at radius 3 is 2.61 bits per heavy atom. The summed E-state index contributed by atoms with van der Waals surface area (Å²) >= 11 is 4.06. The van der Waals surface area contributed by atoms with Crippen LogP contribution in [0.15, 0.2) is 107 Å². The monoisotopic (exact) mass is 876 g/mol. The number of pyridine rings is 1. The third-order valence-electron chi connectivity index (χ3n) is 12.9. The van der Waals surface area contributed by atoms with E-state index in [-0.39, 0.29) is 33.5 Å². The molecule has 1 unspecified atom stereocenters. The van der Waals surface area contributed by atoms with Crippen LogP contribution in [0.25, 0.3) is 16.6 Å². The molecule has 2 aromatic carbocycles. The second kappa shape index (κ2) is 18.1. The van der Waals surface area contributed by atoms with Gasteiger partial charge in [-0.25, -0.2) is 4.98 Å². The molecule has 62 heavy (non-hydrogen) atoms. The number of carbonyl (C=O) groups is 1. The molecule has 2 aliphatic heterocycles. The van der Waals surface area contributed by atoms with E-state index in [0.717, 1.165) is 80.6 Å². The second-order valence-electron chi connectivity index (χ2n) is 16.8. The van der Waals surface area contributed by atoms with Crippen LogP contribution < -0.4 is 19.7 Å². The molecule has 3 aliphatic carbocycles. The number of hydrogen-bond donors (Lipinski definition) is 4. The van der Waals surface area contributed by atoms with Crippen LogP contribution in [0.3, 0.4) is 0 Å². The number of H-pyrrole nitrogens is 1. The van der Waals surface area contributed by atoms with Crippen molar-refractivity contribution in [2.75, 3.05) is 50.8 Å². The number of amides is 1. The Balaban J connectivity index is 0.929. The van der Waals surface area contributed by atoms with Crippen LogP contribution in [0.4, 0.5) is 5.69 Å². The Morgan fingerprint density at radius 2 is 1.87 bits per heavy atom. The zero-order valence-corrected chi connectivity index (χ0v) is 35.9. The highest BCUT2D eigenvalue weighted by Gasteiger charge is 2.41. The van der Waals surface area contributed by atoms with Crippen LogP contribution in [0, 0.1) is 20.9 Å².